The van der Waals surface area contributed by atoms with Gasteiger partial charge in [-0.3, -0.25) is 0 Å². The summed E-state index contributed by atoms with van der Waals surface area (Å²) in [7, 11) is 2.10. The van der Waals surface area contributed by atoms with Crippen molar-refractivity contribution in [3.05, 3.63) is 35.4 Å². The monoisotopic (exact) mass is 229 g/mol. The van der Waals surface area contributed by atoms with E-state index in [9.17, 15) is 0 Å². The molecule has 0 amide bonds. The largest absolute Gasteiger partial charge is 0.317 e. The van der Waals surface area contributed by atoms with Crippen LogP contribution in [0.25, 0.3) is 0 Å². The lowest BCUT2D eigenvalue weighted by atomic mass is 9.79. The van der Waals surface area contributed by atoms with Gasteiger partial charge in [0.05, 0.1) is 0 Å². The molecule has 0 bridgehead atoms. The van der Waals surface area contributed by atoms with Gasteiger partial charge in [0.15, 0.2) is 0 Å². The van der Waals surface area contributed by atoms with Crippen LogP contribution in [0, 0.1) is 0 Å². The molecular weight excluding hydrogens is 206 g/mol. The Bertz CT molecular complexity index is 381. The highest BCUT2D eigenvalue weighted by atomic mass is 14.9. The molecule has 2 saturated carbocycles. The summed E-state index contributed by atoms with van der Waals surface area (Å²) in [6.07, 6.45) is 8.28. The fourth-order valence-corrected chi connectivity index (χ4v) is 3.35. The van der Waals surface area contributed by atoms with Crippen LogP contribution in [-0.4, -0.2) is 13.1 Å². The molecule has 1 N–H and O–H groups in total. The van der Waals surface area contributed by atoms with Gasteiger partial charge >= 0.3 is 0 Å². The van der Waals surface area contributed by atoms with E-state index in [1.165, 1.54) is 38.5 Å². The number of hydrogen-bond acceptors (Lipinski definition) is 1. The number of rotatable bonds is 3. The summed E-state index contributed by atoms with van der Waals surface area (Å²) in [5.41, 5.74) is 3.19. The summed E-state index contributed by atoms with van der Waals surface area (Å²) in [4.78, 5) is 0. The lowest BCUT2D eigenvalue weighted by Gasteiger charge is -2.26. The Morgan fingerprint density at radius 2 is 1.76 bits per heavy atom. The summed E-state index contributed by atoms with van der Waals surface area (Å²) in [6, 6.07) is 10.2. The molecule has 3 rings (SSSR count). The van der Waals surface area contributed by atoms with E-state index in [1.54, 1.807) is 11.1 Å². The SMILES string of the molecule is CNC1CCC(c2cccc(C3CCC3)c2)C1. The highest BCUT2D eigenvalue weighted by Crippen LogP contribution is 2.39. The van der Waals surface area contributed by atoms with Crippen molar-refractivity contribution in [1.29, 1.82) is 0 Å². The summed E-state index contributed by atoms with van der Waals surface area (Å²) in [5, 5.41) is 3.42. The Morgan fingerprint density at radius 1 is 1.00 bits per heavy atom. The van der Waals surface area contributed by atoms with Gasteiger partial charge in [-0.2, -0.15) is 0 Å². The van der Waals surface area contributed by atoms with Crippen LogP contribution in [0.1, 0.15) is 61.5 Å². The molecule has 0 spiro atoms. The normalized spacial score (nSPS) is 29.2. The number of hydrogen-bond donors (Lipinski definition) is 1. The van der Waals surface area contributed by atoms with E-state index < -0.39 is 0 Å². The summed E-state index contributed by atoms with van der Waals surface area (Å²) < 4.78 is 0. The van der Waals surface area contributed by atoms with Gasteiger partial charge in [-0.1, -0.05) is 30.7 Å². The van der Waals surface area contributed by atoms with Crippen LogP contribution in [0.15, 0.2) is 24.3 Å². The van der Waals surface area contributed by atoms with Gasteiger partial charge in [0.2, 0.25) is 0 Å². The predicted octanol–water partition coefficient (Wildman–Crippen LogP) is 3.81. The van der Waals surface area contributed by atoms with Crippen LogP contribution in [0.2, 0.25) is 0 Å². The average molecular weight is 229 g/mol. The third-order valence-electron chi connectivity index (χ3n) is 4.80. The van der Waals surface area contributed by atoms with Crippen LogP contribution in [0.3, 0.4) is 0 Å². The highest BCUT2D eigenvalue weighted by molar-refractivity contribution is 5.30. The standard InChI is InChI=1S/C16H23N/c1-17-16-9-8-15(11-16)14-7-3-6-13(10-14)12-4-2-5-12/h3,6-7,10,12,15-17H,2,4-5,8-9,11H2,1H3. The van der Waals surface area contributed by atoms with Crippen LogP contribution in [0.5, 0.6) is 0 Å². The molecule has 2 aliphatic rings. The zero-order valence-corrected chi connectivity index (χ0v) is 10.8. The molecule has 92 valence electrons. The molecule has 17 heavy (non-hydrogen) atoms. The maximum atomic E-state index is 3.42. The fourth-order valence-electron chi connectivity index (χ4n) is 3.35. The number of nitrogens with one attached hydrogen (secondary N) is 1. The van der Waals surface area contributed by atoms with Crippen LogP contribution in [-0.2, 0) is 0 Å². The van der Waals surface area contributed by atoms with Gasteiger partial charge in [-0.05, 0) is 62.1 Å². The van der Waals surface area contributed by atoms with Gasteiger partial charge in [0.25, 0.3) is 0 Å². The molecule has 0 aromatic heterocycles. The van der Waals surface area contributed by atoms with Gasteiger partial charge in [0.1, 0.15) is 0 Å². The first-order chi connectivity index (χ1) is 8.36. The van der Waals surface area contributed by atoms with Gasteiger partial charge < -0.3 is 5.32 Å². The minimum absolute atomic E-state index is 0.743. The lowest BCUT2D eigenvalue weighted by molar-refractivity contribution is 0.419. The summed E-state index contributed by atoms with van der Waals surface area (Å²) >= 11 is 0. The molecule has 0 heterocycles. The van der Waals surface area contributed by atoms with E-state index >= 15 is 0 Å². The van der Waals surface area contributed by atoms with Crippen molar-refractivity contribution in [1.82, 2.24) is 5.32 Å². The van der Waals surface area contributed by atoms with Crippen LogP contribution in [0.4, 0.5) is 0 Å². The van der Waals surface area contributed by atoms with E-state index in [2.05, 4.69) is 36.6 Å². The summed E-state index contributed by atoms with van der Waals surface area (Å²) in [5.74, 6) is 1.67. The second-order valence-electron chi connectivity index (χ2n) is 5.79. The second-order valence-corrected chi connectivity index (χ2v) is 5.79. The van der Waals surface area contributed by atoms with Crippen molar-refractivity contribution < 1.29 is 0 Å². The molecule has 1 nitrogen and oxygen atoms in total. The van der Waals surface area contributed by atoms with Crippen molar-refractivity contribution in [3.63, 3.8) is 0 Å². The van der Waals surface area contributed by atoms with E-state index in [4.69, 9.17) is 0 Å². The molecule has 2 unspecified atom stereocenters. The van der Waals surface area contributed by atoms with Crippen LogP contribution >= 0.6 is 0 Å². The van der Waals surface area contributed by atoms with Crippen molar-refractivity contribution in [2.24, 2.45) is 0 Å². The quantitative estimate of drug-likeness (QED) is 0.831. The van der Waals surface area contributed by atoms with E-state index in [0.29, 0.717) is 0 Å². The maximum absolute atomic E-state index is 3.42. The Balaban J connectivity index is 1.74. The van der Waals surface area contributed by atoms with Crippen molar-refractivity contribution in [3.8, 4) is 0 Å². The minimum Gasteiger partial charge on any atom is -0.317 e. The Morgan fingerprint density at radius 3 is 2.35 bits per heavy atom. The maximum Gasteiger partial charge on any atom is 0.00701 e. The zero-order valence-electron chi connectivity index (χ0n) is 10.8. The first kappa shape index (κ1) is 11.3. The van der Waals surface area contributed by atoms with Gasteiger partial charge in [0, 0.05) is 6.04 Å². The average Bonchev–Trinajstić information content (AvgIpc) is 2.75. The molecule has 2 atom stereocenters. The molecule has 2 aliphatic carbocycles. The smallest absolute Gasteiger partial charge is 0.00701 e. The molecule has 1 heteroatoms. The predicted molar refractivity (Wildman–Crippen MR) is 72.5 cm³/mol. The Kier molecular flexibility index (Phi) is 3.19. The third kappa shape index (κ3) is 2.26. The van der Waals surface area contributed by atoms with Gasteiger partial charge in [-0.15, -0.1) is 0 Å². The first-order valence-electron chi connectivity index (χ1n) is 7.14. The topological polar surface area (TPSA) is 12.0 Å². The fraction of sp³-hybridized carbons (Fsp3) is 0.625. The molecule has 2 fully saturated rings. The summed E-state index contributed by atoms with van der Waals surface area (Å²) in [6.45, 7) is 0. The first-order valence-corrected chi connectivity index (χ1v) is 7.14. The van der Waals surface area contributed by atoms with Crippen LogP contribution < -0.4 is 5.32 Å². The Labute approximate surface area is 105 Å². The zero-order chi connectivity index (χ0) is 11.7. The molecule has 0 radical (unpaired) electrons. The molecule has 0 aliphatic heterocycles. The molecule has 0 saturated heterocycles. The van der Waals surface area contributed by atoms with E-state index in [0.717, 1.165) is 17.9 Å². The Hall–Kier alpha value is -0.820. The number of benzene rings is 1. The molecule has 1 aromatic carbocycles. The van der Waals surface area contributed by atoms with E-state index in [1.807, 2.05) is 0 Å². The second kappa shape index (κ2) is 4.81. The molecular formula is C16H23N. The lowest BCUT2D eigenvalue weighted by Crippen LogP contribution is -2.21. The third-order valence-corrected chi connectivity index (χ3v) is 4.80. The van der Waals surface area contributed by atoms with E-state index in [-0.39, 0.29) is 0 Å². The van der Waals surface area contributed by atoms with Crippen molar-refractivity contribution >= 4 is 0 Å². The van der Waals surface area contributed by atoms with Crippen molar-refractivity contribution in [2.75, 3.05) is 7.05 Å². The highest BCUT2D eigenvalue weighted by Gasteiger charge is 2.26. The van der Waals surface area contributed by atoms with Gasteiger partial charge in [-0.25, -0.2) is 0 Å². The minimum atomic E-state index is 0.743. The molecule has 1 aromatic rings. The van der Waals surface area contributed by atoms with Crippen molar-refractivity contribution in [2.45, 2.75) is 56.4 Å².